The van der Waals surface area contributed by atoms with Crippen molar-refractivity contribution in [1.29, 1.82) is 0 Å². The lowest BCUT2D eigenvalue weighted by molar-refractivity contribution is -0.132. The summed E-state index contributed by atoms with van der Waals surface area (Å²) in [6.45, 7) is 11.1. The maximum atomic E-state index is 13.4. The first-order valence-corrected chi connectivity index (χ1v) is 15.7. The number of ketones is 1. The summed E-state index contributed by atoms with van der Waals surface area (Å²) in [6.07, 6.45) is 12.4. The van der Waals surface area contributed by atoms with Gasteiger partial charge in [0.2, 0.25) is 5.91 Å². The van der Waals surface area contributed by atoms with Crippen LogP contribution in [0.3, 0.4) is 0 Å². The summed E-state index contributed by atoms with van der Waals surface area (Å²) in [6, 6.07) is 4.55. The van der Waals surface area contributed by atoms with E-state index in [1.165, 1.54) is 37.6 Å². The van der Waals surface area contributed by atoms with Crippen LogP contribution in [0.4, 0.5) is 0 Å². The van der Waals surface area contributed by atoms with Crippen LogP contribution in [-0.4, -0.2) is 56.2 Å². The first-order valence-electron chi connectivity index (χ1n) is 15.7. The highest BCUT2D eigenvalue weighted by atomic mass is 16.2. The highest BCUT2D eigenvalue weighted by Crippen LogP contribution is 2.51. The van der Waals surface area contributed by atoms with E-state index in [-0.39, 0.29) is 24.3 Å². The monoisotopic (exact) mass is 552 g/mol. The van der Waals surface area contributed by atoms with Crippen LogP contribution in [0.15, 0.2) is 24.5 Å². The molecule has 0 N–H and O–H groups in total. The number of amides is 1. The Morgan fingerprint density at radius 2 is 1.85 bits per heavy atom. The lowest BCUT2D eigenvalue weighted by Crippen LogP contribution is -2.36. The van der Waals surface area contributed by atoms with Gasteiger partial charge in [0.1, 0.15) is 25.3 Å². The fourth-order valence-electron chi connectivity index (χ4n) is 7.36. The van der Waals surface area contributed by atoms with E-state index in [0.29, 0.717) is 23.3 Å². The van der Waals surface area contributed by atoms with Gasteiger partial charge in [0, 0.05) is 42.9 Å². The molecule has 2 aliphatic carbocycles. The van der Waals surface area contributed by atoms with Crippen LogP contribution in [0.5, 0.6) is 0 Å². The summed E-state index contributed by atoms with van der Waals surface area (Å²) in [5.41, 5.74) is 4.56. The molecule has 1 aliphatic heterocycles. The van der Waals surface area contributed by atoms with E-state index in [1.807, 2.05) is 24.2 Å². The maximum absolute atomic E-state index is 13.4. The van der Waals surface area contributed by atoms with Gasteiger partial charge in [-0.3, -0.25) is 14.3 Å². The van der Waals surface area contributed by atoms with E-state index < -0.39 is 0 Å². The maximum Gasteiger partial charge on any atom is 0.244 e. The molecule has 7 nitrogen and oxygen atoms in total. The second kappa shape index (κ2) is 11.3. The minimum Gasteiger partial charge on any atom is -0.338 e. The molecule has 3 aromatic rings. The first-order chi connectivity index (χ1) is 19.7. The third-order valence-electron chi connectivity index (χ3n) is 10.2. The topological polar surface area (TPSA) is 81.0 Å². The molecule has 3 aliphatic rings. The summed E-state index contributed by atoms with van der Waals surface area (Å²) in [4.78, 5) is 37.2. The molecule has 0 spiro atoms. The number of carbonyl (C=O) groups is 2. The molecule has 5 atom stereocenters. The zero-order valence-electron chi connectivity index (χ0n) is 25.3. The molecule has 1 amide bonds. The summed E-state index contributed by atoms with van der Waals surface area (Å²) >= 11 is 0. The minimum absolute atomic E-state index is 0.0683. The molecule has 0 bridgehead atoms. The quantitative estimate of drug-likeness (QED) is 0.224. The number of aromatic nitrogens is 4. The zero-order valence-corrected chi connectivity index (χ0v) is 25.3. The predicted octanol–water partition coefficient (Wildman–Crippen LogP) is 6.49. The van der Waals surface area contributed by atoms with Crippen molar-refractivity contribution in [2.75, 3.05) is 6.54 Å². The highest BCUT2D eigenvalue weighted by Gasteiger charge is 2.36. The molecule has 2 saturated carbocycles. The Morgan fingerprint density at radius 1 is 1.10 bits per heavy atom. The number of hydrogen-bond acceptors (Lipinski definition) is 5. The molecule has 2 aromatic heterocycles. The van der Waals surface area contributed by atoms with Crippen molar-refractivity contribution < 1.29 is 9.59 Å². The van der Waals surface area contributed by atoms with E-state index >= 15 is 0 Å². The van der Waals surface area contributed by atoms with Gasteiger partial charge < -0.3 is 4.90 Å². The van der Waals surface area contributed by atoms with Crippen molar-refractivity contribution in [2.45, 2.75) is 104 Å². The normalized spacial score (nSPS) is 25.1. The summed E-state index contributed by atoms with van der Waals surface area (Å²) in [5.74, 6) is 3.76. The number of benzene rings is 1. The van der Waals surface area contributed by atoms with E-state index in [1.54, 1.807) is 11.6 Å². The Labute approximate surface area is 244 Å². The van der Waals surface area contributed by atoms with E-state index in [2.05, 4.69) is 50.2 Å². The van der Waals surface area contributed by atoms with E-state index in [9.17, 15) is 9.59 Å². The average Bonchev–Trinajstić information content (AvgIpc) is 3.41. The number of fused-ring (bicyclic) bond motifs is 1. The van der Waals surface area contributed by atoms with E-state index in [4.69, 9.17) is 5.10 Å². The van der Waals surface area contributed by atoms with Crippen molar-refractivity contribution >= 4 is 29.9 Å². The zero-order chi connectivity index (χ0) is 28.8. The minimum atomic E-state index is -0.0944. The van der Waals surface area contributed by atoms with Crippen LogP contribution >= 0.6 is 0 Å². The number of aryl methyl sites for hydroxylation is 1. The van der Waals surface area contributed by atoms with Crippen LogP contribution in [0.25, 0.3) is 22.0 Å². The lowest BCUT2D eigenvalue weighted by Gasteiger charge is -2.40. The van der Waals surface area contributed by atoms with Gasteiger partial charge in [-0.05, 0) is 73.6 Å². The van der Waals surface area contributed by atoms with Gasteiger partial charge >= 0.3 is 0 Å². The van der Waals surface area contributed by atoms with Gasteiger partial charge in [0.15, 0.2) is 5.78 Å². The molecule has 6 rings (SSSR count). The van der Waals surface area contributed by atoms with E-state index in [0.717, 1.165) is 59.1 Å². The Morgan fingerprint density at radius 3 is 2.44 bits per heavy atom. The summed E-state index contributed by atoms with van der Waals surface area (Å²) in [7, 11) is 2.58. The Bertz CT molecular complexity index is 1450. The number of hydrogen-bond donors (Lipinski definition) is 0. The van der Waals surface area contributed by atoms with Gasteiger partial charge in [0.25, 0.3) is 0 Å². The van der Waals surface area contributed by atoms with Crippen LogP contribution in [0.1, 0.15) is 94.0 Å². The standard InChI is InChI=1S/C33H43BN5O2/c1-19-11-21(3)38(17-19)32(41)18-39-31-13-28(26-9-10-30(26)34-14-20(2)24-7-6-8-24)27(25-15-35-23(5)36-16-25)12-29(31)33(37-39)22(4)40/h12-13,15-16,19-21,24,26,30H,6-11,14,17-18H2,1-5H3. The van der Waals surface area contributed by atoms with Crippen molar-refractivity contribution in [3.8, 4) is 11.1 Å². The van der Waals surface area contributed by atoms with Crippen molar-refractivity contribution in [2.24, 2.45) is 17.8 Å². The molecule has 1 aromatic carbocycles. The molecule has 5 unspecified atom stereocenters. The average molecular weight is 553 g/mol. The molecular formula is C33H43BN5O2. The fourth-order valence-corrected chi connectivity index (χ4v) is 7.36. The molecule has 1 saturated heterocycles. The van der Waals surface area contributed by atoms with Gasteiger partial charge in [-0.1, -0.05) is 51.7 Å². The Hall–Kier alpha value is -3.03. The van der Waals surface area contributed by atoms with Crippen LogP contribution in [0.2, 0.25) is 12.1 Å². The molecule has 215 valence electrons. The molecule has 1 radical (unpaired) electrons. The number of likely N-dealkylation sites (tertiary alicyclic amines) is 1. The lowest BCUT2D eigenvalue weighted by atomic mass is 9.45. The predicted molar refractivity (Wildman–Crippen MR) is 163 cm³/mol. The molecule has 8 heteroatoms. The summed E-state index contributed by atoms with van der Waals surface area (Å²) in [5, 5.41) is 5.53. The largest absolute Gasteiger partial charge is 0.338 e. The van der Waals surface area contributed by atoms with Crippen molar-refractivity contribution in [1.82, 2.24) is 24.6 Å². The van der Waals surface area contributed by atoms with Gasteiger partial charge in [-0.2, -0.15) is 5.10 Å². The van der Waals surface area contributed by atoms with Gasteiger partial charge in [-0.25, -0.2) is 9.97 Å². The van der Waals surface area contributed by atoms with Crippen LogP contribution < -0.4 is 0 Å². The Balaban J connectivity index is 1.38. The van der Waals surface area contributed by atoms with Crippen molar-refractivity contribution in [3.05, 3.63) is 41.6 Å². The molecule has 41 heavy (non-hydrogen) atoms. The van der Waals surface area contributed by atoms with Crippen molar-refractivity contribution in [3.63, 3.8) is 0 Å². The molecule has 3 heterocycles. The second-order valence-electron chi connectivity index (χ2n) is 13.3. The number of rotatable bonds is 9. The van der Waals surface area contributed by atoms with Crippen LogP contribution in [-0.2, 0) is 11.3 Å². The highest BCUT2D eigenvalue weighted by molar-refractivity contribution is 6.38. The van der Waals surface area contributed by atoms with Gasteiger partial charge in [0.05, 0.1) is 5.52 Å². The third kappa shape index (κ3) is 5.46. The smallest absolute Gasteiger partial charge is 0.244 e. The fraction of sp³-hybridized carbons (Fsp3) is 0.606. The SMILES string of the molecule is CC(=O)c1nn(CC(=O)N2CC(C)CC2C)c2cc(C3CCC3[B]CC(C)C3CCC3)c(-c3cnc(C)nc3)cc12. The third-order valence-corrected chi connectivity index (χ3v) is 10.2. The molecule has 3 fully saturated rings. The number of carbonyl (C=O) groups excluding carboxylic acids is 2. The molecular weight excluding hydrogens is 509 g/mol. The summed E-state index contributed by atoms with van der Waals surface area (Å²) < 4.78 is 1.78. The van der Waals surface area contributed by atoms with Crippen LogP contribution in [0, 0.1) is 24.7 Å². The Kier molecular flexibility index (Phi) is 7.77. The first kappa shape index (κ1) is 28.1. The van der Waals surface area contributed by atoms with Gasteiger partial charge in [-0.15, -0.1) is 0 Å². The number of nitrogens with zero attached hydrogens (tertiary/aromatic N) is 5. The number of Topliss-reactive ketones (excluding diaryl/α,β-unsaturated/α-hetero) is 1. The second-order valence-corrected chi connectivity index (χ2v) is 13.3.